The van der Waals surface area contributed by atoms with Gasteiger partial charge in [0.2, 0.25) is 5.95 Å². The zero-order chi connectivity index (χ0) is 23.7. The molecule has 0 radical (unpaired) electrons. The Morgan fingerprint density at radius 2 is 1.91 bits per heavy atom. The lowest BCUT2D eigenvalue weighted by Crippen LogP contribution is -2.42. The van der Waals surface area contributed by atoms with E-state index in [-0.39, 0.29) is 17.6 Å². The summed E-state index contributed by atoms with van der Waals surface area (Å²) in [5.41, 5.74) is 3.57. The molecule has 4 aromatic heterocycles. The van der Waals surface area contributed by atoms with E-state index in [9.17, 15) is 4.39 Å². The van der Waals surface area contributed by atoms with E-state index >= 15 is 0 Å². The van der Waals surface area contributed by atoms with Crippen molar-refractivity contribution in [3.05, 3.63) is 53.9 Å². The molecule has 1 fully saturated rings. The number of anilines is 2. The molecular formula is C24H28FN9. The number of nitrogens with one attached hydrogen (secondary N) is 2. The van der Waals surface area contributed by atoms with Crippen molar-refractivity contribution in [2.75, 3.05) is 31.5 Å². The topological polar surface area (TPSA) is 96.7 Å². The van der Waals surface area contributed by atoms with Crippen LogP contribution in [0.25, 0.3) is 22.3 Å². The second kappa shape index (κ2) is 9.40. The highest BCUT2D eigenvalue weighted by molar-refractivity contribution is 5.83. The SMILES string of the molecule is CC(C)c1c2cc(-c3nc(Nc4ccc(CN5CCNCC5)cn4)ncc3F)cnc2nn1C. The molecule has 5 rings (SSSR count). The largest absolute Gasteiger partial charge is 0.314 e. The Hall–Kier alpha value is -3.50. The third-order valence-corrected chi connectivity index (χ3v) is 5.98. The predicted octanol–water partition coefficient (Wildman–Crippen LogP) is 3.23. The maximum atomic E-state index is 14.7. The van der Waals surface area contributed by atoms with Crippen LogP contribution in [0.4, 0.5) is 16.2 Å². The Bertz CT molecular complexity index is 1290. The number of piperazine rings is 1. The minimum Gasteiger partial charge on any atom is -0.314 e. The Morgan fingerprint density at radius 1 is 1.09 bits per heavy atom. The van der Waals surface area contributed by atoms with Gasteiger partial charge in [-0.3, -0.25) is 9.58 Å². The molecule has 0 aromatic carbocycles. The summed E-state index contributed by atoms with van der Waals surface area (Å²) in [6.07, 6.45) is 4.61. The van der Waals surface area contributed by atoms with Gasteiger partial charge in [0.25, 0.3) is 0 Å². The van der Waals surface area contributed by atoms with E-state index < -0.39 is 5.82 Å². The van der Waals surface area contributed by atoms with Crippen LogP contribution in [0.2, 0.25) is 0 Å². The van der Waals surface area contributed by atoms with Crippen LogP contribution in [-0.2, 0) is 13.6 Å². The molecule has 0 amide bonds. The van der Waals surface area contributed by atoms with Gasteiger partial charge >= 0.3 is 0 Å². The van der Waals surface area contributed by atoms with Crippen LogP contribution >= 0.6 is 0 Å². The van der Waals surface area contributed by atoms with Gasteiger partial charge in [-0.1, -0.05) is 19.9 Å². The van der Waals surface area contributed by atoms with Crippen LogP contribution in [0.1, 0.15) is 31.0 Å². The molecule has 9 nitrogen and oxygen atoms in total. The van der Waals surface area contributed by atoms with Gasteiger partial charge < -0.3 is 10.6 Å². The van der Waals surface area contributed by atoms with Crippen LogP contribution in [0.15, 0.2) is 36.8 Å². The molecule has 0 unspecified atom stereocenters. The fourth-order valence-electron chi connectivity index (χ4n) is 4.37. The van der Waals surface area contributed by atoms with Crippen molar-refractivity contribution in [1.82, 2.24) is 39.9 Å². The summed E-state index contributed by atoms with van der Waals surface area (Å²) in [7, 11) is 1.89. The standard InChI is InChI=1S/C24H28FN9/c1-15(2)22-18-10-17(12-28-23(18)32-33(22)3)21-19(25)13-29-24(31-21)30-20-5-4-16(11-27-20)14-34-8-6-26-7-9-34/h4-5,10-13,15,26H,6-9,14H2,1-3H3,(H,27,29,30,31). The maximum absolute atomic E-state index is 14.7. The number of hydrogen-bond acceptors (Lipinski definition) is 8. The first-order valence-corrected chi connectivity index (χ1v) is 11.5. The monoisotopic (exact) mass is 461 g/mol. The fraction of sp³-hybridized carbons (Fsp3) is 0.375. The van der Waals surface area contributed by atoms with Crippen molar-refractivity contribution < 1.29 is 4.39 Å². The van der Waals surface area contributed by atoms with Gasteiger partial charge in [0, 0.05) is 63.1 Å². The number of aryl methyl sites for hydroxylation is 1. The number of aromatic nitrogens is 6. The lowest BCUT2D eigenvalue weighted by atomic mass is 10.1. The van der Waals surface area contributed by atoms with Crippen molar-refractivity contribution in [2.45, 2.75) is 26.3 Å². The molecule has 5 heterocycles. The molecule has 0 spiro atoms. The molecule has 1 saturated heterocycles. The summed E-state index contributed by atoms with van der Waals surface area (Å²) < 4.78 is 16.5. The average Bonchev–Trinajstić information content (AvgIpc) is 3.17. The summed E-state index contributed by atoms with van der Waals surface area (Å²) >= 11 is 0. The molecule has 10 heteroatoms. The van der Waals surface area contributed by atoms with E-state index in [1.54, 1.807) is 6.20 Å². The van der Waals surface area contributed by atoms with E-state index in [1.165, 1.54) is 6.20 Å². The summed E-state index contributed by atoms with van der Waals surface area (Å²) in [4.78, 5) is 19.8. The first kappa shape index (κ1) is 22.3. The van der Waals surface area contributed by atoms with E-state index in [1.807, 2.05) is 36.1 Å². The molecule has 1 aliphatic rings. The second-order valence-corrected chi connectivity index (χ2v) is 8.85. The highest BCUT2D eigenvalue weighted by atomic mass is 19.1. The van der Waals surface area contributed by atoms with E-state index in [4.69, 9.17) is 0 Å². The number of pyridine rings is 2. The summed E-state index contributed by atoms with van der Waals surface area (Å²) in [5, 5.41) is 11.8. The number of fused-ring (bicyclic) bond motifs is 1. The minimum absolute atomic E-state index is 0.181. The Labute approximate surface area is 197 Å². The second-order valence-electron chi connectivity index (χ2n) is 8.85. The third kappa shape index (κ3) is 4.59. The number of rotatable bonds is 6. The summed E-state index contributed by atoms with van der Waals surface area (Å²) in [5.74, 6) is 0.611. The van der Waals surface area contributed by atoms with Gasteiger partial charge in [0.1, 0.15) is 11.5 Å². The lowest BCUT2D eigenvalue weighted by molar-refractivity contribution is 0.233. The molecule has 0 bridgehead atoms. The van der Waals surface area contributed by atoms with Crippen LogP contribution in [0, 0.1) is 5.82 Å². The first-order chi connectivity index (χ1) is 16.5. The highest BCUT2D eigenvalue weighted by Gasteiger charge is 2.17. The normalized spacial score (nSPS) is 14.7. The Morgan fingerprint density at radius 3 is 2.65 bits per heavy atom. The molecule has 34 heavy (non-hydrogen) atoms. The van der Waals surface area contributed by atoms with Crippen LogP contribution < -0.4 is 10.6 Å². The van der Waals surface area contributed by atoms with E-state index in [0.717, 1.165) is 49.4 Å². The smallest absolute Gasteiger partial charge is 0.229 e. The molecule has 0 saturated carbocycles. The van der Waals surface area contributed by atoms with E-state index in [2.05, 4.69) is 54.4 Å². The van der Waals surface area contributed by atoms with Crippen molar-refractivity contribution in [3.8, 4) is 11.3 Å². The van der Waals surface area contributed by atoms with E-state index in [0.29, 0.717) is 17.0 Å². The zero-order valence-corrected chi connectivity index (χ0v) is 19.6. The molecule has 1 aliphatic heterocycles. The Balaban J connectivity index is 1.37. The summed E-state index contributed by atoms with van der Waals surface area (Å²) in [6.45, 7) is 9.15. The lowest BCUT2D eigenvalue weighted by Gasteiger charge is -2.27. The Kier molecular flexibility index (Phi) is 6.16. The van der Waals surface area contributed by atoms with Crippen LogP contribution in [0.5, 0.6) is 0 Å². The minimum atomic E-state index is -0.513. The molecule has 0 aliphatic carbocycles. The van der Waals surface area contributed by atoms with Crippen molar-refractivity contribution in [1.29, 1.82) is 0 Å². The van der Waals surface area contributed by atoms with Gasteiger partial charge in [-0.25, -0.2) is 24.3 Å². The van der Waals surface area contributed by atoms with Gasteiger partial charge in [-0.15, -0.1) is 0 Å². The molecular weight excluding hydrogens is 433 g/mol. The molecule has 176 valence electrons. The van der Waals surface area contributed by atoms with Gasteiger partial charge in [-0.2, -0.15) is 5.10 Å². The summed E-state index contributed by atoms with van der Waals surface area (Å²) in [6, 6.07) is 5.82. The third-order valence-electron chi connectivity index (χ3n) is 5.98. The zero-order valence-electron chi connectivity index (χ0n) is 19.6. The molecule has 0 atom stereocenters. The quantitative estimate of drug-likeness (QED) is 0.452. The van der Waals surface area contributed by atoms with Crippen molar-refractivity contribution >= 4 is 22.8 Å². The molecule has 2 N–H and O–H groups in total. The predicted molar refractivity (Wildman–Crippen MR) is 129 cm³/mol. The maximum Gasteiger partial charge on any atom is 0.229 e. The van der Waals surface area contributed by atoms with Gasteiger partial charge in [0.05, 0.1) is 11.9 Å². The van der Waals surface area contributed by atoms with Crippen molar-refractivity contribution in [2.24, 2.45) is 7.05 Å². The number of nitrogens with zero attached hydrogens (tertiary/aromatic N) is 7. The van der Waals surface area contributed by atoms with Crippen LogP contribution in [-0.4, -0.2) is 60.8 Å². The fourth-order valence-corrected chi connectivity index (χ4v) is 4.37. The highest BCUT2D eigenvalue weighted by Crippen LogP contribution is 2.29. The van der Waals surface area contributed by atoms with Gasteiger partial charge in [-0.05, 0) is 23.6 Å². The molecule has 4 aromatic rings. The number of halogens is 1. The van der Waals surface area contributed by atoms with Crippen LogP contribution in [0.3, 0.4) is 0 Å². The number of hydrogen-bond donors (Lipinski definition) is 2. The average molecular weight is 462 g/mol. The first-order valence-electron chi connectivity index (χ1n) is 11.5. The van der Waals surface area contributed by atoms with Crippen molar-refractivity contribution in [3.63, 3.8) is 0 Å². The van der Waals surface area contributed by atoms with Gasteiger partial charge in [0.15, 0.2) is 11.5 Å².